The van der Waals surface area contributed by atoms with E-state index in [1.807, 2.05) is 24.3 Å². The lowest BCUT2D eigenvalue weighted by Crippen LogP contribution is -2.52. The molecule has 0 bridgehead atoms. The van der Waals surface area contributed by atoms with Crippen molar-refractivity contribution in [2.75, 3.05) is 33.4 Å². The topological polar surface area (TPSA) is 64.6 Å². The van der Waals surface area contributed by atoms with Gasteiger partial charge in [-0.25, -0.2) is 9.37 Å². The predicted molar refractivity (Wildman–Crippen MR) is 110 cm³/mol. The van der Waals surface area contributed by atoms with Gasteiger partial charge in [0.25, 0.3) is 0 Å². The lowest BCUT2D eigenvalue weighted by atomic mass is 10.1. The largest absolute Gasteiger partial charge is 0.497 e. The summed E-state index contributed by atoms with van der Waals surface area (Å²) in [7, 11) is 1.53. The smallest absolute Gasteiger partial charge is 0.131 e. The van der Waals surface area contributed by atoms with E-state index in [1.165, 1.54) is 13.2 Å². The Morgan fingerprint density at radius 3 is 2.83 bits per heavy atom. The van der Waals surface area contributed by atoms with Crippen LogP contribution in [0, 0.1) is 5.82 Å². The fourth-order valence-corrected chi connectivity index (χ4v) is 4.03. The van der Waals surface area contributed by atoms with Crippen molar-refractivity contribution in [3.05, 3.63) is 59.7 Å². The van der Waals surface area contributed by atoms with Gasteiger partial charge >= 0.3 is 0 Å². The van der Waals surface area contributed by atoms with Crippen LogP contribution in [-0.4, -0.2) is 64.3 Å². The maximum atomic E-state index is 14.4. The molecule has 1 atom stereocenters. The van der Waals surface area contributed by atoms with Crippen LogP contribution in [0.15, 0.2) is 42.5 Å². The van der Waals surface area contributed by atoms with Crippen molar-refractivity contribution in [2.24, 2.45) is 0 Å². The van der Waals surface area contributed by atoms with Crippen LogP contribution in [0.4, 0.5) is 4.39 Å². The van der Waals surface area contributed by atoms with E-state index < -0.39 is 0 Å². The molecule has 29 heavy (non-hydrogen) atoms. The summed E-state index contributed by atoms with van der Waals surface area (Å²) in [4.78, 5) is 12.7. The molecule has 1 saturated heterocycles. The molecule has 3 aromatic rings. The molecule has 154 valence electrons. The van der Waals surface area contributed by atoms with Crippen molar-refractivity contribution in [1.29, 1.82) is 0 Å². The molecule has 1 fully saturated rings. The highest BCUT2D eigenvalue weighted by Gasteiger charge is 2.27. The molecule has 4 rings (SSSR count). The zero-order chi connectivity index (χ0) is 20.2. The van der Waals surface area contributed by atoms with Crippen molar-refractivity contribution in [1.82, 2.24) is 19.8 Å². The van der Waals surface area contributed by atoms with E-state index in [0.717, 1.165) is 43.0 Å². The average molecular weight is 398 g/mol. The second-order valence-corrected chi connectivity index (χ2v) is 7.53. The van der Waals surface area contributed by atoms with Gasteiger partial charge in [0.1, 0.15) is 17.4 Å². The molecule has 2 aromatic carbocycles. The predicted octanol–water partition coefficient (Wildman–Crippen LogP) is 2.78. The SMILES string of the molecule is COc1ccc(CN2CCN(Cc3nc4ccccc4[nH]3)C[C@@H]2CCO)c(F)c1. The summed E-state index contributed by atoms with van der Waals surface area (Å²) < 4.78 is 19.5. The Labute approximate surface area is 169 Å². The van der Waals surface area contributed by atoms with Crippen LogP contribution in [0.5, 0.6) is 5.75 Å². The number of aliphatic hydroxyl groups is 1. The molecule has 0 saturated carbocycles. The highest BCUT2D eigenvalue weighted by Crippen LogP contribution is 2.22. The van der Waals surface area contributed by atoms with Gasteiger partial charge in [0.2, 0.25) is 0 Å². The van der Waals surface area contributed by atoms with Gasteiger partial charge < -0.3 is 14.8 Å². The van der Waals surface area contributed by atoms with E-state index in [1.54, 1.807) is 12.1 Å². The van der Waals surface area contributed by atoms with Gasteiger partial charge in [0.15, 0.2) is 0 Å². The lowest BCUT2D eigenvalue weighted by Gasteiger charge is -2.41. The number of para-hydroxylation sites is 2. The van der Waals surface area contributed by atoms with Gasteiger partial charge in [0.05, 0.1) is 24.7 Å². The van der Waals surface area contributed by atoms with Gasteiger partial charge in [-0.3, -0.25) is 9.80 Å². The zero-order valence-corrected chi connectivity index (χ0v) is 16.6. The van der Waals surface area contributed by atoms with E-state index in [2.05, 4.69) is 19.8 Å². The van der Waals surface area contributed by atoms with Crippen molar-refractivity contribution in [3.8, 4) is 5.75 Å². The Morgan fingerprint density at radius 1 is 1.21 bits per heavy atom. The Kier molecular flexibility index (Phi) is 6.08. The summed E-state index contributed by atoms with van der Waals surface area (Å²) in [6.45, 7) is 3.88. The molecule has 2 heterocycles. The monoisotopic (exact) mass is 398 g/mol. The molecular formula is C22H27FN4O2. The van der Waals surface area contributed by atoms with Crippen molar-refractivity contribution in [3.63, 3.8) is 0 Å². The number of fused-ring (bicyclic) bond motifs is 1. The van der Waals surface area contributed by atoms with Gasteiger partial charge in [-0.1, -0.05) is 18.2 Å². The van der Waals surface area contributed by atoms with Crippen LogP contribution >= 0.6 is 0 Å². The van der Waals surface area contributed by atoms with E-state index in [4.69, 9.17) is 4.74 Å². The molecule has 1 aliphatic heterocycles. The third-order valence-corrected chi connectivity index (χ3v) is 5.60. The number of benzene rings is 2. The summed E-state index contributed by atoms with van der Waals surface area (Å²) in [6.07, 6.45) is 0.661. The Hall–Kier alpha value is -2.48. The summed E-state index contributed by atoms with van der Waals surface area (Å²) in [5, 5.41) is 9.54. The summed E-state index contributed by atoms with van der Waals surface area (Å²) in [5.41, 5.74) is 2.67. The number of piperazine rings is 1. The van der Waals surface area contributed by atoms with Crippen LogP contribution in [0.2, 0.25) is 0 Å². The number of halogens is 1. The number of hydrogen-bond acceptors (Lipinski definition) is 5. The van der Waals surface area contributed by atoms with E-state index in [-0.39, 0.29) is 18.5 Å². The standard InChI is InChI=1S/C22H27FN4O2/c1-29-18-7-6-16(19(23)12-18)13-27-10-9-26(14-17(27)8-11-28)15-22-24-20-4-2-3-5-21(20)25-22/h2-7,12,17,28H,8-11,13-15H2,1H3,(H,24,25)/t17-/m0/s1. The minimum Gasteiger partial charge on any atom is -0.497 e. The number of rotatable bonds is 7. The first kappa shape index (κ1) is 19.8. The molecule has 0 spiro atoms. The average Bonchev–Trinajstić information content (AvgIpc) is 3.13. The van der Waals surface area contributed by atoms with E-state index >= 15 is 0 Å². The van der Waals surface area contributed by atoms with E-state index in [0.29, 0.717) is 24.3 Å². The minimum absolute atomic E-state index is 0.116. The van der Waals surface area contributed by atoms with Crippen LogP contribution < -0.4 is 4.74 Å². The third kappa shape index (κ3) is 4.58. The van der Waals surface area contributed by atoms with Crippen LogP contribution in [0.1, 0.15) is 17.8 Å². The third-order valence-electron chi connectivity index (χ3n) is 5.60. The first-order valence-electron chi connectivity index (χ1n) is 9.99. The Balaban J connectivity index is 1.42. The van der Waals surface area contributed by atoms with Crippen molar-refractivity contribution in [2.45, 2.75) is 25.6 Å². The fourth-order valence-electron chi connectivity index (χ4n) is 4.03. The molecular weight excluding hydrogens is 371 g/mol. The highest BCUT2D eigenvalue weighted by atomic mass is 19.1. The summed E-state index contributed by atoms with van der Waals surface area (Å²) in [5.74, 6) is 1.22. The second-order valence-electron chi connectivity index (χ2n) is 7.53. The number of nitrogens with one attached hydrogen (secondary N) is 1. The lowest BCUT2D eigenvalue weighted by molar-refractivity contribution is 0.0482. The number of aromatic nitrogens is 2. The molecule has 1 aromatic heterocycles. The highest BCUT2D eigenvalue weighted by molar-refractivity contribution is 5.74. The van der Waals surface area contributed by atoms with E-state index in [9.17, 15) is 9.50 Å². The molecule has 2 N–H and O–H groups in total. The molecule has 0 radical (unpaired) electrons. The minimum atomic E-state index is -0.253. The molecule has 0 unspecified atom stereocenters. The number of H-pyrrole nitrogens is 1. The van der Waals surface area contributed by atoms with Gasteiger partial charge in [-0.05, 0) is 24.6 Å². The maximum absolute atomic E-state index is 14.4. The number of ether oxygens (including phenoxy) is 1. The van der Waals surface area contributed by atoms with Crippen molar-refractivity contribution < 1.29 is 14.2 Å². The normalized spacial score (nSPS) is 18.4. The first-order chi connectivity index (χ1) is 14.2. The molecule has 6 nitrogen and oxygen atoms in total. The Bertz CT molecular complexity index is 928. The Morgan fingerprint density at radius 2 is 2.07 bits per heavy atom. The fraction of sp³-hybridized carbons (Fsp3) is 0.409. The quantitative estimate of drug-likeness (QED) is 0.641. The number of hydrogen-bond donors (Lipinski definition) is 2. The maximum Gasteiger partial charge on any atom is 0.131 e. The van der Waals surface area contributed by atoms with Gasteiger partial charge in [-0.2, -0.15) is 0 Å². The summed E-state index contributed by atoms with van der Waals surface area (Å²) >= 11 is 0. The zero-order valence-electron chi connectivity index (χ0n) is 16.6. The number of nitrogens with zero attached hydrogens (tertiary/aromatic N) is 3. The van der Waals surface area contributed by atoms with Crippen molar-refractivity contribution >= 4 is 11.0 Å². The van der Waals surface area contributed by atoms with Gasteiger partial charge in [0, 0.05) is 50.5 Å². The van der Waals surface area contributed by atoms with Crippen LogP contribution in [0.3, 0.4) is 0 Å². The first-order valence-corrected chi connectivity index (χ1v) is 9.99. The van der Waals surface area contributed by atoms with Crippen LogP contribution in [0.25, 0.3) is 11.0 Å². The number of aromatic amines is 1. The number of imidazole rings is 1. The molecule has 0 aliphatic carbocycles. The molecule has 0 amide bonds. The van der Waals surface area contributed by atoms with Crippen LogP contribution in [-0.2, 0) is 13.1 Å². The molecule has 1 aliphatic rings. The van der Waals surface area contributed by atoms with Gasteiger partial charge in [-0.15, -0.1) is 0 Å². The summed E-state index contributed by atoms with van der Waals surface area (Å²) in [6, 6.07) is 13.2. The molecule has 7 heteroatoms. The number of aliphatic hydroxyl groups excluding tert-OH is 1. The number of methoxy groups -OCH3 is 1. The second kappa shape index (κ2) is 8.90.